The van der Waals surface area contributed by atoms with Crippen LogP contribution in [-0.2, 0) is 40.5 Å². The predicted octanol–water partition coefficient (Wildman–Crippen LogP) is 7.60. The summed E-state index contributed by atoms with van der Waals surface area (Å²) in [5, 5.41) is 13.2. The van der Waals surface area contributed by atoms with Crippen LogP contribution in [0.15, 0.2) is 75.7 Å². The largest absolute Gasteiger partial charge is 0.591 e. The van der Waals surface area contributed by atoms with Crippen LogP contribution in [0.5, 0.6) is 5.75 Å². The lowest BCUT2D eigenvalue weighted by Gasteiger charge is -2.19. The number of carboxylic acid groups (broad SMARTS) is 1. The third kappa shape index (κ3) is 9.36. The fourth-order valence-corrected chi connectivity index (χ4v) is 5.11. The number of hydrogen-bond donors (Lipinski definition) is 2. The van der Waals surface area contributed by atoms with Gasteiger partial charge in [-0.1, -0.05) is 34.7 Å². The summed E-state index contributed by atoms with van der Waals surface area (Å²) in [6.45, 7) is 13.2. The number of nitrogens with one attached hydrogen (secondary N) is 1. The summed E-state index contributed by atoms with van der Waals surface area (Å²) in [7, 11) is 0. The molecule has 0 radical (unpaired) electrons. The Hall–Kier alpha value is -4.28. The van der Waals surface area contributed by atoms with Crippen LogP contribution in [-0.4, -0.2) is 37.8 Å². The second kappa shape index (κ2) is 13.8. The van der Waals surface area contributed by atoms with E-state index in [-0.39, 0.29) is 13.0 Å². The van der Waals surface area contributed by atoms with Crippen molar-refractivity contribution in [1.82, 2.24) is 5.32 Å². The maximum Gasteiger partial charge on any atom is 0.407 e. The Morgan fingerprint density at radius 3 is 2.44 bits per heavy atom. The van der Waals surface area contributed by atoms with Gasteiger partial charge in [0.25, 0.3) is 0 Å². The molecule has 3 aromatic carbocycles. The molecular weight excluding hydrogens is 592 g/mol. The maximum atomic E-state index is 12.6. The van der Waals surface area contributed by atoms with E-state index in [1.165, 1.54) is 0 Å². The Morgan fingerprint density at radius 2 is 1.76 bits per heavy atom. The van der Waals surface area contributed by atoms with E-state index in [9.17, 15) is 19.2 Å². The topological polar surface area (TPSA) is 133 Å². The average Bonchev–Trinajstić information content (AvgIpc) is 3.42. The highest BCUT2D eigenvalue weighted by atomic mass is 32.2. The molecule has 0 spiro atoms. The van der Waals surface area contributed by atoms with Crippen LogP contribution >= 0.6 is 0 Å². The van der Waals surface area contributed by atoms with Crippen molar-refractivity contribution in [2.45, 2.75) is 78.4 Å². The molecule has 10 heteroatoms. The number of aliphatic carboxylic acids is 1. The van der Waals surface area contributed by atoms with Crippen molar-refractivity contribution >= 4 is 40.1 Å². The molecule has 0 aliphatic carbocycles. The highest BCUT2D eigenvalue weighted by Crippen LogP contribution is 2.33. The van der Waals surface area contributed by atoms with E-state index >= 15 is 0 Å². The molecule has 0 fully saturated rings. The first-order chi connectivity index (χ1) is 21.1. The lowest BCUT2D eigenvalue weighted by Crippen LogP contribution is -2.32. The minimum Gasteiger partial charge on any atom is -0.591 e. The Balaban J connectivity index is 1.61. The molecule has 4 aromatic rings. The molecule has 1 unspecified atom stereocenters. The first-order valence-electron chi connectivity index (χ1n) is 14.6. The van der Waals surface area contributed by atoms with Gasteiger partial charge in [0, 0.05) is 28.6 Å². The number of fused-ring (bicyclic) bond motifs is 1. The van der Waals surface area contributed by atoms with Gasteiger partial charge in [0.05, 0.1) is 18.4 Å². The van der Waals surface area contributed by atoms with Crippen LogP contribution < -0.4 is 10.1 Å². The van der Waals surface area contributed by atoms with Crippen molar-refractivity contribution in [3.05, 3.63) is 89.2 Å². The van der Waals surface area contributed by atoms with Crippen LogP contribution in [0.1, 0.15) is 70.7 Å². The quantitative estimate of drug-likeness (QED) is 0.136. The number of carbonyl (C=O) groups excluding carboxylic acids is 1. The van der Waals surface area contributed by atoms with Crippen LogP contribution in [0.3, 0.4) is 0 Å². The van der Waals surface area contributed by atoms with Gasteiger partial charge in [-0.25, -0.2) is 4.79 Å². The minimum atomic E-state index is -1.45. The molecule has 4 rings (SSSR count). The summed E-state index contributed by atoms with van der Waals surface area (Å²) in [5.74, 6) is -0.565. The number of alkyl carbamates (subject to hydrolysis) is 1. The minimum absolute atomic E-state index is 0.161. The van der Waals surface area contributed by atoms with Gasteiger partial charge < -0.3 is 28.9 Å². The van der Waals surface area contributed by atoms with E-state index in [0.717, 1.165) is 27.6 Å². The molecule has 1 amide bonds. The van der Waals surface area contributed by atoms with Crippen molar-refractivity contribution < 1.29 is 33.1 Å². The van der Waals surface area contributed by atoms with E-state index in [2.05, 4.69) is 9.71 Å². The zero-order valence-electron chi connectivity index (χ0n) is 26.7. The summed E-state index contributed by atoms with van der Waals surface area (Å²) >= 11 is -1.45. The standard InChI is InChI=1S/C35H40N2O7S/c1-22(37-45(41)35(5,6)7)25-11-12-27(19-31(38)39)30(18-25)43-21-24-16-28-13-14-42-32(28)29(17-24)26-10-8-9-23(15-26)20-36-33(40)44-34(2,3)4/h8-18H,19-21H2,1-7H3,(H,36,40)(H,38,39). The summed E-state index contributed by atoms with van der Waals surface area (Å²) < 4.78 is 33.9. The summed E-state index contributed by atoms with van der Waals surface area (Å²) in [6.07, 6.45) is 0.927. The highest BCUT2D eigenvalue weighted by Gasteiger charge is 2.27. The maximum absolute atomic E-state index is 12.6. The highest BCUT2D eigenvalue weighted by molar-refractivity contribution is 7.91. The second-order valence-corrected chi connectivity index (χ2v) is 14.7. The van der Waals surface area contributed by atoms with Crippen molar-refractivity contribution in [3.63, 3.8) is 0 Å². The van der Waals surface area contributed by atoms with Gasteiger partial charge >= 0.3 is 12.1 Å². The normalized spacial score (nSPS) is 13.0. The van der Waals surface area contributed by atoms with Crippen LogP contribution in [0, 0.1) is 0 Å². The molecule has 0 bridgehead atoms. The Labute approximate surface area is 267 Å². The average molecular weight is 633 g/mol. The molecule has 45 heavy (non-hydrogen) atoms. The Morgan fingerprint density at radius 1 is 1.00 bits per heavy atom. The predicted molar refractivity (Wildman–Crippen MR) is 177 cm³/mol. The number of furan rings is 1. The molecule has 1 heterocycles. The van der Waals surface area contributed by atoms with E-state index in [4.69, 9.17) is 13.9 Å². The smallest absolute Gasteiger partial charge is 0.407 e. The van der Waals surface area contributed by atoms with Crippen molar-refractivity contribution in [2.75, 3.05) is 0 Å². The van der Waals surface area contributed by atoms with Gasteiger partial charge in [0.1, 0.15) is 39.6 Å². The van der Waals surface area contributed by atoms with Crippen molar-refractivity contribution in [1.29, 1.82) is 0 Å². The third-order valence-corrected chi connectivity index (χ3v) is 8.14. The fraction of sp³-hybridized carbons (Fsp3) is 0.343. The molecule has 9 nitrogen and oxygen atoms in total. The summed E-state index contributed by atoms with van der Waals surface area (Å²) in [5.41, 5.74) is 5.39. The SMILES string of the molecule is CC(=N[S+]([O-])C(C)(C)C)c1ccc(CC(=O)O)c(OCc2cc(-c3cccc(CNC(=O)OC(C)(C)C)c3)c3occc3c2)c1. The fourth-order valence-electron chi connectivity index (χ4n) is 4.48. The monoisotopic (exact) mass is 632 g/mol. The van der Waals surface area contributed by atoms with Gasteiger partial charge in [-0.2, -0.15) is 0 Å². The van der Waals surface area contributed by atoms with Crippen LogP contribution in [0.2, 0.25) is 0 Å². The van der Waals surface area contributed by atoms with Crippen molar-refractivity contribution in [3.8, 4) is 16.9 Å². The number of hydrogen-bond acceptors (Lipinski definition) is 7. The van der Waals surface area contributed by atoms with E-state index in [1.54, 1.807) is 31.4 Å². The molecule has 0 saturated heterocycles. The van der Waals surface area contributed by atoms with Crippen LogP contribution in [0.4, 0.5) is 4.79 Å². The van der Waals surface area contributed by atoms with Crippen LogP contribution in [0.25, 0.3) is 22.1 Å². The van der Waals surface area contributed by atoms with E-state index < -0.39 is 33.8 Å². The van der Waals surface area contributed by atoms with Gasteiger partial charge in [-0.3, -0.25) is 4.79 Å². The molecule has 1 aromatic heterocycles. The number of rotatable bonds is 10. The molecule has 0 aliphatic heterocycles. The zero-order chi connectivity index (χ0) is 32.9. The zero-order valence-corrected chi connectivity index (χ0v) is 27.5. The second-order valence-electron chi connectivity index (χ2n) is 12.8. The molecule has 0 saturated carbocycles. The lowest BCUT2D eigenvalue weighted by atomic mass is 9.99. The number of carbonyl (C=O) groups is 2. The number of ether oxygens (including phenoxy) is 2. The molecule has 1 atom stereocenters. The number of carboxylic acids is 1. The molecule has 238 valence electrons. The Kier molecular flexibility index (Phi) is 10.3. The summed E-state index contributed by atoms with van der Waals surface area (Å²) in [6, 6.07) is 18.8. The first-order valence-corrected chi connectivity index (χ1v) is 15.7. The van der Waals surface area contributed by atoms with Gasteiger partial charge in [0.15, 0.2) is 0 Å². The number of nitrogens with zero attached hydrogens (tertiary/aromatic N) is 1. The van der Waals surface area contributed by atoms with Gasteiger partial charge in [-0.15, -0.1) is 0 Å². The summed E-state index contributed by atoms with van der Waals surface area (Å²) in [4.78, 5) is 23.8. The Bertz CT molecular complexity index is 1710. The van der Waals surface area contributed by atoms with Gasteiger partial charge in [0.2, 0.25) is 0 Å². The third-order valence-electron chi connectivity index (χ3n) is 6.65. The number of benzene rings is 3. The lowest BCUT2D eigenvalue weighted by molar-refractivity contribution is -0.136. The molecule has 0 aliphatic rings. The van der Waals surface area contributed by atoms with E-state index in [1.807, 2.05) is 84.0 Å². The van der Waals surface area contributed by atoms with Gasteiger partial charge in [-0.05, 0) is 95.5 Å². The molecular formula is C35H40N2O7S. The first kappa shape index (κ1) is 33.6. The number of amides is 1. The van der Waals surface area contributed by atoms with Crippen molar-refractivity contribution in [2.24, 2.45) is 4.40 Å². The molecule has 2 N–H and O–H groups in total. The van der Waals surface area contributed by atoms with E-state index in [0.29, 0.717) is 34.7 Å².